The lowest BCUT2D eigenvalue weighted by Crippen LogP contribution is -2.68. The number of Topliss-reactive ketones (excluding diaryl/α,β-unsaturated/α-hetero) is 2. The van der Waals surface area contributed by atoms with E-state index < -0.39 is 283 Å². The molecule has 21 heterocycles. The molecule has 14 bridgehead atoms. The van der Waals surface area contributed by atoms with Crippen LogP contribution in [-0.2, 0) is 95.0 Å². The largest absolute Gasteiger partial charge is 0.481 e. The maximum Gasteiger partial charge on any atom is 0.321 e. The summed E-state index contributed by atoms with van der Waals surface area (Å²) in [6, 6.07) is -1.15. The highest BCUT2D eigenvalue weighted by molar-refractivity contribution is 7.99. The zero-order valence-electron chi connectivity index (χ0n) is 56.1. The summed E-state index contributed by atoms with van der Waals surface area (Å²) in [5.41, 5.74) is 0. The van der Waals surface area contributed by atoms with Gasteiger partial charge in [0.25, 0.3) is 0 Å². The third-order valence-electron chi connectivity index (χ3n) is 18.8. The van der Waals surface area contributed by atoms with Crippen molar-refractivity contribution in [2.45, 2.75) is 261 Å². The van der Waals surface area contributed by atoms with Gasteiger partial charge >= 0.3 is 11.9 Å². The van der Waals surface area contributed by atoms with Crippen molar-refractivity contribution in [2.75, 3.05) is 82.9 Å². The van der Waals surface area contributed by atoms with Crippen molar-refractivity contribution in [3.05, 3.63) is 0 Å². The summed E-state index contributed by atoms with van der Waals surface area (Å²) >= 11 is 1.72. The molecule has 21 fully saturated rings. The quantitative estimate of drug-likeness (QED) is 0.0340. The lowest BCUT2D eigenvalue weighted by Gasteiger charge is -2.50. The Morgan fingerprint density at radius 3 is 0.913 bits per heavy atom. The van der Waals surface area contributed by atoms with E-state index in [1.54, 1.807) is 0 Å². The highest BCUT2D eigenvalue weighted by atomic mass is 32.2. The van der Waals surface area contributed by atoms with E-state index in [2.05, 4.69) is 5.32 Å². The number of carbonyl (C=O) groups excluding carboxylic acids is 2. The fourth-order valence-corrected chi connectivity index (χ4v) is 15.2. The van der Waals surface area contributed by atoms with Crippen LogP contribution in [0.1, 0.15) is 39.5 Å². The topological polar surface area (TPSA) is 633 Å². The summed E-state index contributed by atoms with van der Waals surface area (Å²) < 4.78 is 94.2. The molecule has 21 saturated heterocycles. The zero-order valence-corrected chi connectivity index (χ0v) is 57.7. The molecule has 37 atom stereocenters. The number of thioether (sulfide) groups is 2. The standard InChI is InChI=1S/C60H99NO40S2/c1-4-24-45-31(68)38(75)54(88-24)100-51-30(19-103-17-23(61-3)53(84)85)94-60(44(81)37(51)74)99-49-28(15-65)91-57(41(78)34(49)71)96-46-25(12-62)90-56(40(77)33(46)70)97-47-26(13-63)92-58(42(79)35(47)72)101-50-29(18-102-16-21(52(82)83)11-22(67)6-8-87-10-9-86-7-5-20(2)66)93-59(43(80)36(50)73)98-48-27(14-64)89-55(95-45)39(76)32(48)69/h21,23-51,54-65,68-81H,4-19H2,1-3H3,(H,82,83)(H,84,85)/t21-,23-,24?,25?,26?,27?,28?,29?,30?,31-,32-,33-,34-,35-,36-,37-,38?,39?,40?,41?,42?,43?,44?,45-,46-,47-,48-,49-,50-,51-,54+,55+,56-,57-,58-,59-,60+/m1/s1. The summed E-state index contributed by atoms with van der Waals surface area (Å²) in [4.78, 5) is 48.8. The van der Waals surface area contributed by atoms with Crippen LogP contribution < -0.4 is 5.32 Å². The molecule has 0 radical (unpaired) electrons. The van der Waals surface area contributed by atoms with Crippen molar-refractivity contribution < 1.29 is 197 Å². The fraction of sp³-hybridized carbons (Fsp3) is 0.933. The third-order valence-corrected chi connectivity index (χ3v) is 21.1. The summed E-state index contributed by atoms with van der Waals surface area (Å²) in [5, 5.41) is 229. The summed E-state index contributed by atoms with van der Waals surface area (Å²) in [7, 11) is 1.37. The number of nitrogens with one attached hydrogen (secondary N) is 1. The highest BCUT2D eigenvalue weighted by Gasteiger charge is 2.60. The molecular weight excluding hydrogens is 1440 g/mol. The van der Waals surface area contributed by atoms with E-state index in [1.807, 2.05) is 0 Å². The number of ether oxygens (including phenoxy) is 16. The molecule has 14 unspecified atom stereocenters. The average molecular weight is 1540 g/mol. The molecule has 21 N–H and O–H groups in total. The Morgan fingerprint density at radius 1 is 0.369 bits per heavy atom. The molecule has 21 aliphatic rings. The predicted molar refractivity (Wildman–Crippen MR) is 335 cm³/mol. The molecule has 0 saturated carbocycles. The molecule has 0 aromatic rings. The van der Waals surface area contributed by atoms with Crippen molar-refractivity contribution in [3.63, 3.8) is 0 Å². The Labute approximate surface area is 596 Å². The minimum Gasteiger partial charge on any atom is -0.481 e. The normalized spacial score (nSPS) is 44.9. The van der Waals surface area contributed by atoms with Crippen molar-refractivity contribution in [2.24, 2.45) is 5.92 Å². The molecule has 41 nitrogen and oxygen atoms in total. The third kappa shape index (κ3) is 21.0. The number of carboxylic acid groups (broad SMARTS) is 2. The molecule has 21 rings (SSSR count). The van der Waals surface area contributed by atoms with Gasteiger partial charge in [0.1, 0.15) is 170 Å². The van der Waals surface area contributed by atoms with Crippen LogP contribution in [0, 0.1) is 5.92 Å². The van der Waals surface area contributed by atoms with Crippen LogP contribution in [0.4, 0.5) is 0 Å². The van der Waals surface area contributed by atoms with Gasteiger partial charge in [-0.25, -0.2) is 0 Å². The SMILES string of the molecule is CCC1O[C@H]2O[C@@H]3C(CSC[C@@H](NC)C(=O)O)O[C@@H](O[C@@H]4C(CO)O[C@H](O[C@@H]5C(CO)O[C@H](O[C@@H]6C(CO)O[C@H](O[C@@H]7C(CSC[C@@H](CC(=O)CCOCCOCCC(C)=O)C(=O)O)O[C@H](O[C@@H]8C(CO)O[C@@H](O[C@H]1[C@H](O)C2O)C(O)[C@H]8O)C(O)[C@H]7O)C(O)[C@H]6O)C(O)[C@H]5O)C(O)[C@H]4O)C(O)[C@H]3O. The molecule has 21 aliphatic heterocycles. The van der Waals surface area contributed by atoms with Gasteiger partial charge < -0.3 is 183 Å². The number of aliphatic hydroxyl groups is 18. The Kier molecular flexibility index (Phi) is 33.5. The monoisotopic (exact) mass is 1540 g/mol. The van der Waals surface area contributed by atoms with Gasteiger partial charge in [-0.05, 0) is 20.4 Å². The second-order valence-electron chi connectivity index (χ2n) is 26.0. The maximum atomic E-state index is 13.0. The molecule has 0 aliphatic carbocycles. The molecule has 0 amide bonds. The lowest BCUT2D eigenvalue weighted by atomic mass is 9.94. The number of rotatable bonds is 27. The fourth-order valence-electron chi connectivity index (χ4n) is 12.8. The molecule has 0 aromatic heterocycles. The summed E-state index contributed by atoms with van der Waals surface area (Å²) in [5.74, 6) is -5.90. The molecule has 0 aromatic carbocycles. The predicted octanol–water partition coefficient (Wildman–Crippen LogP) is -11.6. The molecule has 103 heavy (non-hydrogen) atoms. The molecule has 0 spiro atoms. The smallest absolute Gasteiger partial charge is 0.321 e. The van der Waals surface area contributed by atoms with Crippen LogP contribution in [0.25, 0.3) is 0 Å². The van der Waals surface area contributed by atoms with E-state index >= 15 is 0 Å². The first-order chi connectivity index (χ1) is 49.0. The number of ketones is 2. The van der Waals surface area contributed by atoms with Gasteiger partial charge in [-0.3, -0.25) is 19.2 Å². The van der Waals surface area contributed by atoms with Gasteiger partial charge in [-0.2, -0.15) is 23.5 Å². The van der Waals surface area contributed by atoms with E-state index in [9.17, 15) is 121 Å². The zero-order chi connectivity index (χ0) is 75.4. The van der Waals surface area contributed by atoms with Crippen LogP contribution in [-0.4, -0.2) is 430 Å². The van der Waals surface area contributed by atoms with Crippen LogP contribution in [0.2, 0.25) is 0 Å². The van der Waals surface area contributed by atoms with E-state index in [0.29, 0.717) is 0 Å². The number of likely N-dealkylation sites (N-methyl/N-ethyl adjacent to an activating group) is 1. The van der Waals surface area contributed by atoms with Crippen LogP contribution in [0.15, 0.2) is 0 Å². The first kappa shape index (κ1) is 86.2. The van der Waals surface area contributed by atoms with Crippen LogP contribution >= 0.6 is 23.5 Å². The Hall–Kier alpha value is -2.42. The number of aliphatic carboxylic acids is 2. The summed E-state index contributed by atoms with van der Waals surface area (Å²) in [6.45, 7) is -1.16. The van der Waals surface area contributed by atoms with Gasteiger partial charge in [0.15, 0.2) is 44.0 Å². The van der Waals surface area contributed by atoms with Crippen LogP contribution in [0.5, 0.6) is 0 Å². The minimum absolute atomic E-state index is 0.0721. The van der Waals surface area contributed by atoms with E-state index in [1.165, 1.54) is 20.9 Å². The lowest BCUT2D eigenvalue weighted by molar-refractivity contribution is -0.395. The molecule has 43 heteroatoms. The number of aliphatic hydroxyl groups excluding tert-OH is 18. The number of hydrogen-bond donors (Lipinski definition) is 21. The van der Waals surface area contributed by atoms with E-state index in [-0.39, 0.29) is 68.7 Å². The first-order valence-electron chi connectivity index (χ1n) is 33.6. The number of carbonyl (C=O) groups is 4. The Balaban J connectivity index is 1.08. The first-order valence-corrected chi connectivity index (χ1v) is 35.9. The van der Waals surface area contributed by atoms with Gasteiger partial charge in [0.2, 0.25) is 0 Å². The van der Waals surface area contributed by atoms with Crippen molar-refractivity contribution in [1.82, 2.24) is 5.32 Å². The Bertz CT molecular complexity index is 2610. The second-order valence-corrected chi connectivity index (χ2v) is 28.1. The van der Waals surface area contributed by atoms with Crippen LogP contribution in [0.3, 0.4) is 0 Å². The number of carboxylic acids is 2. The molecular formula is C60H99NO40S2. The summed E-state index contributed by atoms with van der Waals surface area (Å²) in [6.07, 6.45) is -71.0. The Morgan fingerprint density at radius 2 is 0.641 bits per heavy atom. The van der Waals surface area contributed by atoms with Gasteiger partial charge in [0.05, 0.1) is 77.1 Å². The van der Waals surface area contributed by atoms with Crippen molar-refractivity contribution >= 4 is 47.0 Å². The van der Waals surface area contributed by atoms with Gasteiger partial charge in [-0.1, -0.05) is 6.92 Å². The van der Waals surface area contributed by atoms with E-state index in [0.717, 1.165) is 23.5 Å². The minimum atomic E-state index is -2.29. The highest BCUT2D eigenvalue weighted by Crippen LogP contribution is 2.40. The number of hydrogen-bond acceptors (Lipinski definition) is 41. The average Bonchev–Trinajstić information content (AvgIpc) is 0.789. The second kappa shape index (κ2) is 40.0. The van der Waals surface area contributed by atoms with Gasteiger partial charge in [0, 0.05) is 42.3 Å². The van der Waals surface area contributed by atoms with Gasteiger partial charge in [-0.15, -0.1) is 0 Å². The maximum absolute atomic E-state index is 13.0. The van der Waals surface area contributed by atoms with E-state index in [4.69, 9.17) is 75.8 Å². The molecule has 596 valence electrons. The van der Waals surface area contributed by atoms with Crippen molar-refractivity contribution in [1.29, 1.82) is 0 Å². The van der Waals surface area contributed by atoms with Crippen molar-refractivity contribution in [3.8, 4) is 0 Å².